The van der Waals surface area contributed by atoms with Crippen LogP contribution in [0.25, 0.3) is 0 Å². The maximum absolute atomic E-state index is 5.78. The maximum atomic E-state index is 5.78. The minimum Gasteiger partial charge on any atom is -0.383 e. The van der Waals surface area contributed by atoms with Gasteiger partial charge in [0.05, 0.1) is 0 Å². The van der Waals surface area contributed by atoms with Crippen molar-refractivity contribution in [3.8, 4) is 0 Å². The van der Waals surface area contributed by atoms with Crippen molar-refractivity contribution in [1.82, 2.24) is 14.5 Å². The van der Waals surface area contributed by atoms with Crippen LogP contribution >= 0.6 is 12.6 Å². The molecule has 0 amide bonds. The second-order valence-electron chi connectivity index (χ2n) is 3.37. The Bertz CT molecular complexity index is 478. The van der Waals surface area contributed by atoms with E-state index in [0.717, 1.165) is 12.0 Å². The fraction of sp³-hybridized carbons (Fsp3) is 0.200. The van der Waals surface area contributed by atoms with Crippen molar-refractivity contribution in [2.75, 3.05) is 5.73 Å². The second-order valence-corrected chi connectivity index (χ2v) is 3.77. The third-order valence-corrected chi connectivity index (χ3v) is 2.52. The first-order valence-electron chi connectivity index (χ1n) is 4.57. The van der Waals surface area contributed by atoms with Crippen LogP contribution in [-0.4, -0.2) is 14.5 Å². The van der Waals surface area contributed by atoms with E-state index in [1.165, 1.54) is 5.69 Å². The average Bonchev–Trinajstić information content (AvgIpc) is 2.57. The molecule has 2 rings (SSSR count). The lowest BCUT2D eigenvalue weighted by Crippen LogP contribution is -2.03. The second kappa shape index (κ2) is 3.94. The highest BCUT2D eigenvalue weighted by atomic mass is 32.1. The number of rotatable bonds is 2. The van der Waals surface area contributed by atoms with E-state index in [0.29, 0.717) is 11.0 Å². The van der Waals surface area contributed by atoms with Crippen molar-refractivity contribution in [3.05, 3.63) is 35.8 Å². The zero-order valence-corrected chi connectivity index (χ0v) is 9.28. The summed E-state index contributed by atoms with van der Waals surface area (Å²) < 4.78 is 2.05. The average molecular weight is 220 g/mol. The number of hydrogen-bond donors (Lipinski definition) is 2. The van der Waals surface area contributed by atoms with Gasteiger partial charge in [-0.3, -0.25) is 0 Å². The van der Waals surface area contributed by atoms with Crippen LogP contribution < -0.4 is 5.73 Å². The Morgan fingerprint density at radius 1 is 1.53 bits per heavy atom. The molecule has 4 nitrogen and oxygen atoms in total. The Balaban J connectivity index is 2.29. The van der Waals surface area contributed by atoms with Gasteiger partial charge in [-0.2, -0.15) is 0 Å². The van der Waals surface area contributed by atoms with Crippen molar-refractivity contribution in [3.63, 3.8) is 0 Å². The van der Waals surface area contributed by atoms with E-state index in [1.54, 1.807) is 6.20 Å². The molecule has 0 saturated carbocycles. The summed E-state index contributed by atoms with van der Waals surface area (Å²) in [7, 11) is 2.00. The molecule has 5 heteroatoms. The van der Waals surface area contributed by atoms with Gasteiger partial charge in [-0.05, 0) is 12.1 Å². The van der Waals surface area contributed by atoms with Gasteiger partial charge in [0.25, 0.3) is 0 Å². The van der Waals surface area contributed by atoms with Gasteiger partial charge in [-0.1, -0.05) is 0 Å². The molecular weight excluding hydrogens is 208 g/mol. The molecule has 0 fully saturated rings. The van der Waals surface area contributed by atoms with Crippen LogP contribution in [0.15, 0.2) is 29.7 Å². The van der Waals surface area contributed by atoms with Gasteiger partial charge in [-0.25, -0.2) is 9.97 Å². The molecule has 0 aliphatic rings. The predicted molar refractivity (Wildman–Crippen MR) is 61.9 cm³/mol. The van der Waals surface area contributed by atoms with Crippen LogP contribution in [0, 0.1) is 0 Å². The van der Waals surface area contributed by atoms with Crippen molar-refractivity contribution in [2.45, 2.75) is 11.6 Å². The van der Waals surface area contributed by atoms with Crippen molar-refractivity contribution in [2.24, 2.45) is 7.05 Å². The van der Waals surface area contributed by atoms with E-state index in [4.69, 9.17) is 5.73 Å². The molecule has 78 valence electrons. The van der Waals surface area contributed by atoms with E-state index in [-0.39, 0.29) is 0 Å². The van der Waals surface area contributed by atoms with Gasteiger partial charge in [0.1, 0.15) is 5.82 Å². The van der Waals surface area contributed by atoms with Gasteiger partial charge >= 0.3 is 0 Å². The zero-order valence-electron chi connectivity index (χ0n) is 8.38. The van der Waals surface area contributed by atoms with Crippen LogP contribution in [-0.2, 0) is 13.5 Å². The molecule has 0 radical (unpaired) electrons. The summed E-state index contributed by atoms with van der Waals surface area (Å²) in [5, 5.41) is 0.406. The molecule has 2 heterocycles. The number of aromatic nitrogens is 3. The quantitative estimate of drug-likeness (QED) is 0.592. The summed E-state index contributed by atoms with van der Waals surface area (Å²) in [5.74, 6) is 0.496. The zero-order chi connectivity index (χ0) is 10.8. The van der Waals surface area contributed by atoms with Crippen LogP contribution in [0.1, 0.15) is 11.3 Å². The fourth-order valence-electron chi connectivity index (χ4n) is 1.42. The lowest BCUT2D eigenvalue weighted by molar-refractivity contribution is 0.841. The van der Waals surface area contributed by atoms with Gasteiger partial charge in [0.15, 0.2) is 5.16 Å². The number of thiol groups is 1. The first kappa shape index (κ1) is 10.0. The first-order chi connectivity index (χ1) is 7.16. The number of nitrogen functional groups attached to an aromatic ring is 1. The molecule has 2 aromatic heterocycles. The van der Waals surface area contributed by atoms with Crippen LogP contribution in [0.5, 0.6) is 0 Å². The Labute approximate surface area is 93.6 Å². The molecule has 0 bridgehead atoms. The smallest absolute Gasteiger partial charge is 0.186 e. The standard InChI is InChI=1S/C10H12N4S/c1-14-4-2-3-8(14)5-7-6-12-10(15)13-9(7)11/h2-4,6H,5H2,1H3,(H3,11,12,13,15). The highest BCUT2D eigenvalue weighted by molar-refractivity contribution is 7.80. The molecule has 0 unspecified atom stereocenters. The topological polar surface area (TPSA) is 56.7 Å². The molecule has 0 aliphatic carbocycles. The summed E-state index contributed by atoms with van der Waals surface area (Å²) >= 11 is 4.03. The molecule has 2 N–H and O–H groups in total. The maximum Gasteiger partial charge on any atom is 0.186 e. The number of aryl methyl sites for hydroxylation is 1. The number of anilines is 1. The largest absolute Gasteiger partial charge is 0.383 e. The SMILES string of the molecule is Cn1cccc1Cc1cnc(S)nc1N. The summed E-state index contributed by atoms with van der Waals surface area (Å²) in [6.07, 6.45) is 4.46. The van der Waals surface area contributed by atoms with Crippen molar-refractivity contribution < 1.29 is 0 Å². The molecule has 15 heavy (non-hydrogen) atoms. The molecule has 2 aromatic rings. The lowest BCUT2D eigenvalue weighted by Gasteiger charge is -2.05. The van der Waals surface area contributed by atoms with E-state index < -0.39 is 0 Å². The summed E-state index contributed by atoms with van der Waals surface area (Å²) in [4.78, 5) is 8.02. The molecule has 0 spiro atoms. The Morgan fingerprint density at radius 2 is 2.33 bits per heavy atom. The van der Waals surface area contributed by atoms with Crippen molar-refractivity contribution in [1.29, 1.82) is 0 Å². The highest BCUT2D eigenvalue weighted by Crippen LogP contribution is 2.14. The monoisotopic (exact) mass is 220 g/mol. The summed E-state index contributed by atoms with van der Waals surface area (Å²) in [6, 6.07) is 4.05. The number of nitrogens with two attached hydrogens (primary N) is 1. The number of hydrogen-bond acceptors (Lipinski definition) is 4. The molecule has 0 aromatic carbocycles. The number of nitrogens with zero attached hydrogens (tertiary/aromatic N) is 3. The van der Waals surface area contributed by atoms with Crippen LogP contribution in [0.3, 0.4) is 0 Å². The van der Waals surface area contributed by atoms with Crippen LogP contribution in [0.2, 0.25) is 0 Å². The summed E-state index contributed by atoms with van der Waals surface area (Å²) in [6.45, 7) is 0. The van der Waals surface area contributed by atoms with Crippen LogP contribution in [0.4, 0.5) is 5.82 Å². The predicted octanol–water partition coefficient (Wildman–Crippen LogP) is 1.28. The fourth-order valence-corrected chi connectivity index (χ4v) is 1.59. The van der Waals surface area contributed by atoms with Crippen molar-refractivity contribution >= 4 is 18.4 Å². The Kier molecular flexibility index (Phi) is 2.64. The van der Waals surface area contributed by atoms with E-state index >= 15 is 0 Å². The van der Waals surface area contributed by atoms with Gasteiger partial charge in [0.2, 0.25) is 0 Å². The molecule has 0 atom stereocenters. The van der Waals surface area contributed by atoms with Gasteiger partial charge < -0.3 is 10.3 Å². The molecular formula is C10H12N4S. The van der Waals surface area contributed by atoms with E-state index in [1.807, 2.05) is 29.9 Å². The third kappa shape index (κ3) is 2.12. The first-order valence-corrected chi connectivity index (χ1v) is 5.02. The van der Waals surface area contributed by atoms with E-state index in [2.05, 4.69) is 22.6 Å². The van der Waals surface area contributed by atoms with Gasteiger partial charge in [0, 0.05) is 37.1 Å². The minimum atomic E-state index is 0.406. The lowest BCUT2D eigenvalue weighted by atomic mass is 10.2. The third-order valence-electron chi connectivity index (χ3n) is 2.31. The Morgan fingerprint density at radius 3 is 2.93 bits per heavy atom. The van der Waals surface area contributed by atoms with E-state index in [9.17, 15) is 0 Å². The normalized spacial score (nSPS) is 10.5. The molecule has 0 saturated heterocycles. The summed E-state index contributed by atoms with van der Waals surface area (Å²) in [5.41, 5.74) is 7.88. The highest BCUT2D eigenvalue weighted by Gasteiger charge is 2.05. The molecule has 0 aliphatic heterocycles. The minimum absolute atomic E-state index is 0.406. The Hall–Kier alpha value is -1.49. The van der Waals surface area contributed by atoms with Gasteiger partial charge in [-0.15, -0.1) is 12.6 Å².